The van der Waals surface area contributed by atoms with Crippen molar-refractivity contribution in [2.24, 2.45) is 11.1 Å². The molecule has 0 aromatic heterocycles. The Bertz CT molecular complexity index is 658. The highest BCUT2D eigenvalue weighted by molar-refractivity contribution is 7.89. The second-order valence-electron chi connectivity index (χ2n) is 6.47. The van der Waals surface area contributed by atoms with E-state index in [4.69, 9.17) is 9.88 Å². The van der Waals surface area contributed by atoms with Crippen LogP contribution in [0.25, 0.3) is 0 Å². The number of carbonyl (C=O) groups is 1. The van der Waals surface area contributed by atoms with Crippen molar-refractivity contribution in [3.05, 3.63) is 29.8 Å². The van der Waals surface area contributed by atoms with E-state index in [0.717, 1.165) is 17.9 Å². The number of primary sulfonamides is 1. The van der Waals surface area contributed by atoms with Gasteiger partial charge in [0, 0.05) is 32.0 Å². The molecule has 1 heterocycles. The third-order valence-electron chi connectivity index (χ3n) is 3.87. The molecule has 7 nitrogen and oxygen atoms in total. The maximum absolute atomic E-state index is 12.0. The van der Waals surface area contributed by atoms with Gasteiger partial charge in [0.2, 0.25) is 15.9 Å². The van der Waals surface area contributed by atoms with Crippen LogP contribution in [0.4, 0.5) is 0 Å². The first-order valence-corrected chi connectivity index (χ1v) is 9.59. The molecular formula is C16H25N3O4S. The molecule has 0 saturated carbocycles. The fraction of sp³-hybridized carbons (Fsp3) is 0.562. The number of benzene rings is 1. The zero-order chi connectivity index (χ0) is 17.7. The van der Waals surface area contributed by atoms with Crippen molar-refractivity contribution >= 4 is 15.9 Å². The SMILES string of the molecule is CN(C)CCOc1ccc(CN2CC(CS(N)(=O)=O)CC2=O)cc1. The molecule has 24 heavy (non-hydrogen) atoms. The third kappa shape index (κ3) is 6.10. The lowest BCUT2D eigenvalue weighted by Crippen LogP contribution is -2.27. The average molecular weight is 355 g/mol. The lowest BCUT2D eigenvalue weighted by Gasteiger charge is -2.17. The molecule has 1 amide bonds. The maximum Gasteiger partial charge on any atom is 0.223 e. The largest absolute Gasteiger partial charge is 0.492 e. The molecule has 1 aliphatic heterocycles. The van der Waals surface area contributed by atoms with Crippen LogP contribution in [0.3, 0.4) is 0 Å². The smallest absolute Gasteiger partial charge is 0.223 e. The number of carbonyl (C=O) groups excluding carboxylic acids is 1. The molecule has 134 valence electrons. The number of hydrogen-bond acceptors (Lipinski definition) is 5. The molecular weight excluding hydrogens is 330 g/mol. The fourth-order valence-corrected chi connectivity index (χ4v) is 3.58. The normalized spacial score (nSPS) is 18.4. The van der Waals surface area contributed by atoms with Gasteiger partial charge in [0.1, 0.15) is 12.4 Å². The molecule has 0 spiro atoms. The van der Waals surface area contributed by atoms with Crippen LogP contribution in [0.2, 0.25) is 0 Å². The first-order chi connectivity index (χ1) is 11.2. The summed E-state index contributed by atoms with van der Waals surface area (Å²) in [5, 5.41) is 5.06. The number of amides is 1. The number of sulfonamides is 1. The van der Waals surface area contributed by atoms with E-state index >= 15 is 0 Å². The molecule has 2 N–H and O–H groups in total. The second-order valence-corrected chi connectivity index (χ2v) is 8.13. The van der Waals surface area contributed by atoms with Crippen molar-refractivity contribution in [3.63, 3.8) is 0 Å². The Hall–Kier alpha value is -1.64. The molecule has 8 heteroatoms. The van der Waals surface area contributed by atoms with Crippen LogP contribution in [-0.4, -0.2) is 63.7 Å². The molecule has 2 rings (SSSR count). The van der Waals surface area contributed by atoms with Crippen LogP contribution in [0.5, 0.6) is 5.75 Å². The zero-order valence-electron chi connectivity index (χ0n) is 14.1. The van der Waals surface area contributed by atoms with E-state index in [0.29, 0.717) is 19.7 Å². The minimum Gasteiger partial charge on any atom is -0.492 e. The summed E-state index contributed by atoms with van der Waals surface area (Å²) < 4.78 is 27.9. The summed E-state index contributed by atoms with van der Waals surface area (Å²) in [6.07, 6.45) is 0.238. The number of likely N-dealkylation sites (N-methyl/N-ethyl adjacent to an activating group) is 1. The van der Waals surface area contributed by atoms with Crippen molar-refractivity contribution in [2.45, 2.75) is 13.0 Å². The van der Waals surface area contributed by atoms with Crippen LogP contribution >= 0.6 is 0 Å². The van der Waals surface area contributed by atoms with Gasteiger partial charge < -0.3 is 14.5 Å². The van der Waals surface area contributed by atoms with Crippen LogP contribution in [-0.2, 0) is 21.4 Å². The highest BCUT2D eigenvalue weighted by Crippen LogP contribution is 2.22. The number of nitrogens with zero attached hydrogens (tertiary/aromatic N) is 2. The van der Waals surface area contributed by atoms with Crippen LogP contribution in [0.1, 0.15) is 12.0 Å². The predicted octanol–water partition coefficient (Wildman–Crippen LogP) is 0.264. The number of rotatable bonds is 8. The van der Waals surface area contributed by atoms with Crippen LogP contribution < -0.4 is 9.88 Å². The van der Waals surface area contributed by atoms with Gasteiger partial charge >= 0.3 is 0 Å². The van der Waals surface area contributed by atoms with Gasteiger partial charge in [-0.3, -0.25) is 4.79 Å². The highest BCUT2D eigenvalue weighted by atomic mass is 32.2. The molecule has 1 atom stereocenters. The van der Waals surface area contributed by atoms with Gasteiger partial charge in [0.25, 0.3) is 0 Å². The van der Waals surface area contributed by atoms with E-state index in [2.05, 4.69) is 0 Å². The Morgan fingerprint density at radius 1 is 1.29 bits per heavy atom. The first-order valence-electron chi connectivity index (χ1n) is 7.87. The fourth-order valence-electron chi connectivity index (χ4n) is 2.70. The Labute approximate surface area is 143 Å². The standard InChI is InChI=1S/C16H25N3O4S/c1-18(2)7-8-23-15-5-3-13(4-6-15)10-19-11-14(9-16(19)20)12-24(17,21)22/h3-6,14H,7-12H2,1-2H3,(H2,17,21,22). The quantitative estimate of drug-likeness (QED) is 0.722. The number of likely N-dealkylation sites (tertiary alicyclic amines) is 1. The summed E-state index contributed by atoms with van der Waals surface area (Å²) in [5.41, 5.74) is 0.986. The third-order valence-corrected chi connectivity index (χ3v) is 4.80. The summed E-state index contributed by atoms with van der Waals surface area (Å²) >= 11 is 0. The Morgan fingerprint density at radius 2 is 1.96 bits per heavy atom. The summed E-state index contributed by atoms with van der Waals surface area (Å²) in [6, 6.07) is 7.61. The van der Waals surface area contributed by atoms with E-state index in [1.165, 1.54) is 0 Å². The summed E-state index contributed by atoms with van der Waals surface area (Å²) in [6.45, 7) is 2.36. The van der Waals surface area contributed by atoms with E-state index in [1.807, 2.05) is 43.3 Å². The molecule has 1 aliphatic rings. The Morgan fingerprint density at radius 3 is 2.54 bits per heavy atom. The lowest BCUT2D eigenvalue weighted by molar-refractivity contribution is -0.128. The second kappa shape index (κ2) is 7.96. The average Bonchev–Trinajstić information content (AvgIpc) is 2.78. The number of ether oxygens (including phenoxy) is 1. The molecule has 1 fully saturated rings. The monoisotopic (exact) mass is 355 g/mol. The molecule has 0 aliphatic carbocycles. The number of nitrogens with two attached hydrogens (primary N) is 1. The summed E-state index contributed by atoms with van der Waals surface area (Å²) in [5.74, 6) is 0.394. The van der Waals surface area contributed by atoms with Crippen molar-refractivity contribution in [3.8, 4) is 5.75 Å². The van der Waals surface area contributed by atoms with Gasteiger partial charge in [-0.15, -0.1) is 0 Å². The molecule has 1 aromatic carbocycles. The van der Waals surface area contributed by atoms with Gasteiger partial charge in [0.05, 0.1) is 5.75 Å². The summed E-state index contributed by atoms with van der Waals surface area (Å²) in [4.78, 5) is 15.7. The predicted molar refractivity (Wildman–Crippen MR) is 92.0 cm³/mol. The van der Waals surface area contributed by atoms with Crippen molar-refractivity contribution in [2.75, 3.05) is 39.5 Å². The van der Waals surface area contributed by atoms with Gasteiger partial charge in [-0.05, 0) is 31.8 Å². The van der Waals surface area contributed by atoms with E-state index in [-0.39, 0.29) is 24.0 Å². The maximum atomic E-state index is 12.0. The van der Waals surface area contributed by atoms with E-state index < -0.39 is 10.0 Å². The highest BCUT2D eigenvalue weighted by Gasteiger charge is 2.31. The number of hydrogen-bond donors (Lipinski definition) is 1. The lowest BCUT2D eigenvalue weighted by atomic mass is 10.1. The van der Waals surface area contributed by atoms with Crippen LogP contribution in [0.15, 0.2) is 24.3 Å². The van der Waals surface area contributed by atoms with E-state index in [1.54, 1.807) is 4.90 Å². The van der Waals surface area contributed by atoms with E-state index in [9.17, 15) is 13.2 Å². The zero-order valence-corrected chi connectivity index (χ0v) is 15.0. The minimum atomic E-state index is -3.55. The van der Waals surface area contributed by atoms with Crippen molar-refractivity contribution < 1.29 is 17.9 Å². The van der Waals surface area contributed by atoms with Crippen molar-refractivity contribution in [1.82, 2.24) is 9.80 Å². The molecule has 0 bridgehead atoms. The molecule has 1 unspecified atom stereocenters. The van der Waals surface area contributed by atoms with Crippen molar-refractivity contribution in [1.29, 1.82) is 0 Å². The van der Waals surface area contributed by atoms with Gasteiger partial charge in [-0.1, -0.05) is 12.1 Å². The molecule has 0 radical (unpaired) electrons. The Balaban J connectivity index is 1.86. The van der Waals surface area contributed by atoms with Gasteiger partial charge in [-0.2, -0.15) is 0 Å². The topological polar surface area (TPSA) is 92.9 Å². The first kappa shape index (κ1) is 18.7. The minimum absolute atomic E-state index is 0.0324. The van der Waals surface area contributed by atoms with Gasteiger partial charge in [0.15, 0.2) is 0 Å². The summed E-state index contributed by atoms with van der Waals surface area (Å²) in [7, 11) is 0.431. The van der Waals surface area contributed by atoms with Crippen LogP contribution in [0, 0.1) is 5.92 Å². The Kier molecular flexibility index (Phi) is 6.20. The molecule has 1 aromatic rings. The van der Waals surface area contributed by atoms with Gasteiger partial charge in [-0.25, -0.2) is 13.6 Å². The molecule has 1 saturated heterocycles.